The van der Waals surface area contributed by atoms with E-state index in [4.69, 9.17) is 4.74 Å². The fourth-order valence-electron chi connectivity index (χ4n) is 4.54. The van der Waals surface area contributed by atoms with Crippen LogP contribution in [0.3, 0.4) is 0 Å². The average Bonchev–Trinajstić information content (AvgIpc) is 2.85. The van der Waals surface area contributed by atoms with E-state index in [9.17, 15) is 24.0 Å². The Morgan fingerprint density at radius 2 is 1.65 bits per heavy atom. The van der Waals surface area contributed by atoms with Crippen molar-refractivity contribution < 1.29 is 28.7 Å². The van der Waals surface area contributed by atoms with Crippen LogP contribution in [-0.2, 0) is 19.1 Å². The van der Waals surface area contributed by atoms with E-state index >= 15 is 0 Å². The lowest BCUT2D eigenvalue weighted by Gasteiger charge is -2.29. The van der Waals surface area contributed by atoms with Gasteiger partial charge in [-0.2, -0.15) is 0 Å². The van der Waals surface area contributed by atoms with Crippen molar-refractivity contribution in [2.24, 2.45) is 0 Å². The molecule has 37 heavy (non-hydrogen) atoms. The van der Waals surface area contributed by atoms with E-state index in [0.717, 1.165) is 10.8 Å². The Bertz CT molecular complexity index is 1430. The number of hydrogen-bond donors (Lipinski definition) is 1. The molecular weight excluding hydrogens is 474 g/mol. The van der Waals surface area contributed by atoms with Crippen LogP contribution < -0.4 is 5.32 Å². The van der Waals surface area contributed by atoms with Crippen LogP contribution in [0.25, 0.3) is 21.5 Å². The molecule has 1 N–H and O–H groups in total. The van der Waals surface area contributed by atoms with E-state index in [0.29, 0.717) is 34.1 Å². The van der Waals surface area contributed by atoms with E-state index < -0.39 is 30.0 Å². The second kappa shape index (κ2) is 10.9. The highest BCUT2D eigenvalue weighted by Crippen LogP contribution is 2.38. The quantitative estimate of drug-likeness (QED) is 0.195. The maximum Gasteiger partial charge on any atom is 0.306 e. The van der Waals surface area contributed by atoms with E-state index in [-0.39, 0.29) is 31.9 Å². The Morgan fingerprint density at radius 3 is 2.35 bits per heavy atom. The summed E-state index contributed by atoms with van der Waals surface area (Å²) < 4.78 is 4.82. The predicted octanol–water partition coefficient (Wildman–Crippen LogP) is 3.39. The predicted molar refractivity (Wildman–Crippen MR) is 139 cm³/mol. The zero-order valence-electron chi connectivity index (χ0n) is 21.1. The molecule has 0 bridgehead atoms. The molecule has 1 aliphatic rings. The number of rotatable bonds is 10. The van der Waals surface area contributed by atoms with Crippen LogP contribution >= 0.6 is 0 Å². The van der Waals surface area contributed by atoms with Crippen LogP contribution in [0.15, 0.2) is 42.5 Å². The van der Waals surface area contributed by atoms with Crippen molar-refractivity contribution in [3.8, 4) is 0 Å². The number of imide groups is 1. The van der Waals surface area contributed by atoms with Gasteiger partial charge in [-0.3, -0.25) is 28.9 Å². The molecule has 0 atom stereocenters. The highest BCUT2D eigenvalue weighted by molar-refractivity contribution is 6.32. The van der Waals surface area contributed by atoms with Crippen LogP contribution in [-0.4, -0.2) is 73.1 Å². The molecule has 3 aromatic carbocycles. The molecule has 3 aromatic rings. The smallest absolute Gasteiger partial charge is 0.306 e. The lowest BCUT2D eigenvalue weighted by molar-refractivity contribution is -0.144. The van der Waals surface area contributed by atoms with Crippen molar-refractivity contribution >= 4 is 56.7 Å². The molecule has 9 heteroatoms. The molecule has 0 saturated heterocycles. The number of Topliss-reactive ketones (excluding diaryl/α,β-unsaturated/α-hetero) is 1. The number of nitrogens with zero attached hydrogens (tertiary/aromatic N) is 2. The van der Waals surface area contributed by atoms with E-state index in [2.05, 4.69) is 5.32 Å². The third-order valence-electron chi connectivity index (χ3n) is 6.25. The van der Waals surface area contributed by atoms with Gasteiger partial charge in [-0.15, -0.1) is 0 Å². The Kier molecular flexibility index (Phi) is 7.63. The number of hydrogen-bond acceptors (Lipinski definition) is 7. The molecule has 3 amide bonds. The van der Waals surface area contributed by atoms with Gasteiger partial charge in [0.05, 0.1) is 25.0 Å². The molecule has 1 heterocycles. The number of ketones is 1. The molecular formula is C28H29N3O6. The number of fused-ring (bicyclic) bond motifs is 2. The monoisotopic (exact) mass is 503 g/mol. The Labute approximate surface area is 214 Å². The van der Waals surface area contributed by atoms with Crippen molar-refractivity contribution in [1.82, 2.24) is 9.80 Å². The summed E-state index contributed by atoms with van der Waals surface area (Å²) in [6, 6.07) is 12.5. The summed E-state index contributed by atoms with van der Waals surface area (Å²) in [4.78, 5) is 66.6. The highest BCUT2D eigenvalue weighted by atomic mass is 16.5. The Hall–Kier alpha value is -4.11. The number of anilines is 1. The van der Waals surface area contributed by atoms with Gasteiger partial charge in [0.15, 0.2) is 0 Å². The van der Waals surface area contributed by atoms with Crippen molar-refractivity contribution in [3.05, 3.63) is 53.6 Å². The summed E-state index contributed by atoms with van der Waals surface area (Å²) in [5.74, 6) is -2.20. The molecule has 0 saturated carbocycles. The van der Waals surface area contributed by atoms with Crippen LogP contribution in [0.2, 0.25) is 0 Å². The molecule has 9 nitrogen and oxygen atoms in total. The Balaban J connectivity index is 1.70. The van der Waals surface area contributed by atoms with E-state index in [1.807, 2.05) is 37.2 Å². The first-order chi connectivity index (χ1) is 17.7. The summed E-state index contributed by atoms with van der Waals surface area (Å²) in [7, 11) is 3.73. The first-order valence-corrected chi connectivity index (χ1v) is 12.2. The summed E-state index contributed by atoms with van der Waals surface area (Å²) in [6.45, 7) is 2.63. The second-order valence-corrected chi connectivity index (χ2v) is 9.19. The SMILES string of the molecule is CCOC(=O)CCC(=O)CC(=O)Nc1cccc2cc3cccc4c3c(c12)C(=O)N(CCN(C)C)C4=O. The number of amides is 3. The molecule has 0 fully saturated rings. The van der Waals surface area contributed by atoms with E-state index in [1.54, 1.807) is 31.2 Å². The molecule has 1 aliphatic heterocycles. The van der Waals surface area contributed by atoms with E-state index in [1.165, 1.54) is 4.90 Å². The minimum Gasteiger partial charge on any atom is -0.466 e. The number of esters is 1. The number of carbonyl (C=O) groups is 5. The second-order valence-electron chi connectivity index (χ2n) is 9.19. The molecule has 0 radical (unpaired) electrons. The first-order valence-electron chi connectivity index (χ1n) is 12.2. The van der Waals surface area contributed by atoms with Crippen molar-refractivity contribution in [2.45, 2.75) is 26.2 Å². The summed E-state index contributed by atoms with van der Waals surface area (Å²) >= 11 is 0. The van der Waals surface area contributed by atoms with Gasteiger partial charge in [0.25, 0.3) is 11.8 Å². The molecule has 192 valence electrons. The topological polar surface area (TPSA) is 113 Å². The number of nitrogens with one attached hydrogen (secondary N) is 1. The first kappa shape index (κ1) is 26.0. The Morgan fingerprint density at radius 1 is 0.946 bits per heavy atom. The van der Waals surface area contributed by atoms with Gasteiger partial charge in [-0.1, -0.05) is 24.3 Å². The number of ether oxygens (including phenoxy) is 1. The average molecular weight is 504 g/mol. The minimum absolute atomic E-state index is 0.0849. The molecule has 0 unspecified atom stereocenters. The van der Waals surface area contributed by atoms with Crippen LogP contribution in [0, 0.1) is 0 Å². The fraction of sp³-hybridized carbons (Fsp3) is 0.321. The highest BCUT2D eigenvalue weighted by Gasteiger charge is 2.34. The van der Waals surface area contributed by atoms with Crippen LogP contribution in [0.4, 0.5) is 5.69 Å². The number of benzene rings is 3. The zero-order valence-corrected chi connectivity index (χ0v) is 21.1. The number of likely N-dealkylation sites (N-methyl/N-ethyl adjacent to an activating group) is 1. The largest absolute Gasteiger partial charge is 0.466 e. The van der Waals surface area contributed by atoms with Crippen molar-refractivity contribution in [2.75, 3.05) is 39.1 Å². The van der Waals surface area contributed by atoms with Gasteiger partial charge < -0.3 is 15.0 Å². The molecule has 0 aromatic heterocycles. The van der Waals surface area contributed by atoms with Crippen LogP contribution in [0.1, 0.15) is 46.9 Å². The van der Waals surface area contributed by atoms with Crippen molar-refractivity contribution in [3.63, 3.8) is 0 Å². The number of carbonyl (C=O) groups excluding carboxylic acids is 5. The van der Waals surface area contributed by atoms with Gasteiger partial charge in [0.2, 0.25) is 5.91 Å². The summed E-state index contributed by atoms with van der Waals surface area (Å²) in [5.41, 5.74) is 1.16. The third-order valence-corrected chi connectivity index (χ3v) is 6.25. The van der Waals surface area contributed by atoms with Crippen molar-refractivity contribution in [1.29, 1.82) is 0 Å². The molecule has 0 aliphatic carbocycles. The zero-order chi connectivity index (χ0) is 26.7. The molecule has 0 spiro atoms. The maximum atomic E-state index is 13.7. The van der Waals surface area contributed by atoms with Gasteiger partial charge in [-0.25, -0.2) is 0 Å². The lowest BCUT2D eigenvalue weighted by atomic mass is 9.89. The third kappa shape index (κ3) is 5.36. The summed E-state index contributed by atoms with van der Waals surface area (Å²) in [5, 5.41) is 5.32. The lowest BCUT2D eigenvalue weighted by Crippen LogP contribution is -2.43. The minimum atomic E-state index is -0.550. The molecule has 4 rings (SSSR count). The standard InChI is InChI=1S/C28H29N3O6/c1-4-37-23(34)12-11-19(32)16-22(33)29-21-10-6-8-18-15-17-7-5-9-20-24(17)26(25(18)21)28(36)31(27(20)35)14-13-30(2)3/h5-10,15H,4,11-14,16H2,1-3H3,(H,29,33). The fourth-order valence-corrected chi connectivity index (χ4v) is 4.54. The van der Waals surface area contributed by atoms with Gasteiger partial charge in [0, 0.05) is 41.5 Å². The van der Waals surface area contributed by atoms with Gasteiger partial charge in [-0.05, 0) is 50.0 Å². The normalized spacial score (nSPS) is 12.9. The maximum absolute atomic E-state index is 13.7. The summed E-state index contributed by atoms with van der Waals surface area (Å²) in [6.07, 6.45) is -0.591. The van der Waals surface area contributed by atoms with Gasteiger partial charge in [0.1, 0.15) is 5.78 Å². The van der Waals surface area contributed by atoms with Gasteiger partial charge >= 0.3 is 5.97 Å². The van der Waals surface area contributed by atoms with Crippen LogP contribution in [0.5, 0.6) is 0 Å².